The van der Waals surface area contributed by atoms with Crippen molar-refractivity contribution >= 4 is 0 Å². The summed E-state index contributed by atoms with van der Waals surface area (Å²) in [5.41, 5.74) is 6.12. The molecule has 3 N–H and O–H groups in total. The molecule has 0 heterocycles. The molecule has 0 radical (unpaired) electrons. The number of hydrogen-bond donors (Lipinski definition) is 1. The summed E-state index contributed by atoms with van der Waals surface area (Å²) in [4.78, 5) is 0. The summed E-state index contributed by atoms with van der Waals surface area (Å²) in [6.07, 6.45) is 0. The van der Waals surface area contributed by atoms with Crippen LogP contribution in [0.3, 0.4) is 0 Å². The zero-order valence-electron chi connectivity index (χ0n) is 9.72. The fraction of sp³-hybridized carbons (Fsp3) is 0.143. The molecule has 2 rings (SSSR count). The second kappa shape index (κ2) is 5.60. The van der Waals surface area contributed by atoms with Crippen LogP contribution < -0.4 is 10.5 Å². The van der Waals surface area contributed by atoms with E-state index in [-0.39, 0.29) is 11.8 Å². The summed E-state index contributed by atoms with van der Waals surface area (Å²) >= 11 is 0. The molecule has 0 saturated carbocycles. The Labute approximate surface area is 104 Å². The monoisotopic (exact) mass is 250 g/mol. The number of rotatable bonds is 4. The average molecular weight is 250 g/mol. The lowest BCUT2D eigenvalue weighted by molar-refractivity contribution is -0.411. The molecule has 4 heteroatoms. The van der Waals surface area contributed by atoms with Crippen molar-refractivity contribution in [2.45, 2.75) is 12.7 Å². The second-order valence-electron chi connectivity index (χ2n) is 3.91. The lowest BCUT2D eigenvalue weighted by atomic mass is 10.00. The summed E-state index contributed by atoms with van der Waals surface area (Å²) in [5.74, 6) is 0.161. The van der Waals surface area contributed by atoms with Crippen LogP contribution in [-0.2, 0) is 0 Å². The minimum Gasteiger partial charge on any atom is -0.435 e. The van der Waals surface area contributed by atoms with Crippen LogP contribution in [0.1, 0.15) is 17.2 Å². The molecule has 2 aromatic rings. The maximum Gasteiger partial charge on any atom is 0.387 e. The Morgan fingerprint density at radius 1 is 0.833 bits per heavy atom. The minimum atomic E-state index is -2.79. The van der Waals surface area contributed by atoms with Gasteiger partial charge in [-0.25, -0.2) is 0 Å². The highest BCUT2D eigenvalue weighted by atomic mass is 19.3. The lowest BCUT2D eigenvalue weighted by Crippen LogP contribution is -2.53. The quantitative estimate of drug-likeness (QED) is 0.889. The average Bonchev–Trinajstić information content (AvgIpc) is 2.39. The van der Waals surface area contributed by atoms with Gasteiger partial charge in [0.2, 0.25) is 0 Å². The molecular weight excluding hydrogens is 236 g/mol. The smallest absolute Gasteiger partial charge is 0.387 e. The van der Waals surface area contributed by atoms with E-state index in [1.165, 1.54) is 12.1 Å². The van der Waals surface area contributed by atoms with Gasteiger partial charge >= 0.3 is 6.61 Å². The predicted molar refractivity (Wildman–Crippen MR) is 64.2 cm³/mol. The fourth-order valence-corrected chi connectivity index (χ4v) is 1.76. The Kier molecular flexibility index (Phi) is 3.89. The van der Waals surface area contributed by atoms with Crippen molar-refractivity contribution in [1.82, 2.24) is 0 Å². The highest BCUT2D eigenvalue weighted by molar-refractivity contribution is 5.33. The standard InChI is InChI=1S/C14H13F2NO/c15-14(16)18-12-8-6-11(7-9-12)13(17)10-4-2-1-3-5-10/h1-9,13-14H,17H2/p+1/t13-/m0/s1. The van der Waals surface area contributed by atoms with Gasteiger partial charge in [-0.05, 0) is 24.3 Å². The zero-order chi connectivity index (χ0) is 13.0. The summed E-state index contributed by atoms with van der Waals surface area (Å²) in [6.45, 7) is -2.79. The van der Waals surface area contributed by atoms with Gasteiger partial charge in [0.05, 0.1) is 0 Å². The van der Waals surface area contributed by atoms with Crippen LogP contribution in [0.5, 0.6) is 5.75 Å². The summed E-state index contributed by atoms with van der Waals surface area (Å²) in [7, 11) is 0. The van der Waals surface area contributed by atoms with Crippen molar-refractivity contribution in [2.24, 2.45) is 0 Å². The van der Waals surface area contributed by atoms with Crippen LogP contribution in [0.2, 0.25) is 0 Å². The van der Waals surface area contributed by atoms with E-state index in [4.69, 9.17) is 0 Å². The molecule has 0 aliphatic rings. The summed E-state index contributed by atoms with van der Waals surface area (Å²) in [6, 6.07) is 16.4. The first-order valence-corrected chi connectivity index (χ1v) is 5.59. The molecule has 0 aromatic heterocycles. The molecule has 0 saturated heterocycles. The number of benzene rings is 2. The van der Waals surface area contributed by atoms with Crippen LogP contribution in [0, 0.1) is 0 Å². The first-order chi connectivity index (χ1) is 8.66. The Balaban J connectivity index is 2.14. The molecule has 18 heavy (non-hydrogen) atoms. The molecule has 0 fully saturated rings. The number of ether oxygens (including phenoxy) is 1. The van der Waals surface area contributed by atoms with Gasteiger partial charge in [0, 0.05) is 11.1 Å². The summed E-state index contributed by atoms with van der Waals surface area (Å²) in [5, 5.41) is 0. The lowest BCUT2D eigenvalue weighted by Gasteiger charge is -2.10. The molecule has 0 amide bonds. The highest BCUT2D eigenvalue weighted by Gasteiger charge is 2.12. The van der Waals surface area contributed by atoms with Crippen molar-refractivity contribution in [2.75, 3.05) is 0 Å². The molecule has 0 aliphatic heterocycles. The van der Waals surface area contributed by atoms with Gasteiger partial charge in [-0.3, -0.25) is 0 Å². The molecule has 2 aromatic carbocycles. The first-order valence-electron chi connectivity index (χ1n) is 5.59. The SMILES string of the molecule is [NH3+][C@@H](c1ccccc1)c1ccc(OC(F)F)cc1. The molecule has 0 aliphatic carbocycles. The Bertz CT molecular complexity index is 485. The van der Waals surface area contributed by atoms with E-state index >= 15 is 0 Å². The zero-order valence-corrected chi connectivity index (χ0v) is 9.72. The van der Waals surface area contributed by atoms with Crippen molar-refractivity contribution in [3.05, 3.63) is 65.7 Å². The van der Waals surface area contributed by atoms with Crippen LogP contribution in [0.15, 0.2) is 54.6 Å². The normalized spacial score (nSPS) is 12.4. The van der Waals surface area contributed by atoms with Gasteiger partial charge in [0.15, 0.2) is 0 Å². The third-order valence-corrected chi connectivity index (χ3v) is 2.71. The highest BCUT2D eigenvalue weighted by Crippen LogP contribution is 2.21. The maximum absolute atomic E-state index is 12.0. The third-order valence-electron chi connectivity index (χ3n) is 2.71. The minimum absolute atomic E-state index is 0.0215. The van der Waals surface area contributed by atoms with Gasteiger partial charge in [0.25, 0.3) is 0 Å². The van der Waals surface area contributed by atoms with E-state index in [2.05, 4.69) is 10.5 Å². The Morgan fingerprint density at radius 3 is 1.94 bits per heavy atom. The van der Waals surface area contributed by atoms with E-state index in [1.54, 1.807) is 12.1 Å². The van der Waals surface area contributed by atoms with E-state index in [0.29, 0.717) is 0 Å². The van der Waals surface area contributed by atoms with Crippen LogP contribution in [0.4, 0.5) is 8.78 Å². The molecule has 0 bridgehead atoms. The second-order valence-corrected chi connectivity index (χ2v) is 3.91. The topological polar surface area (TPSA) is 36.9 Å². The Morgan fingerprint density at radius 2 is 1.39 bits per heavy atom. The van der Waals surface area contributed by atoms with Gasteiger partial charge in [-0.2, -0.15) is 8.78 Å². The molecule has 0 unspecified atom stereocenters. The third kappa shape index (κ3) is 3.05. The van der Waals surface area contributed by atoms with Crippen molar-refractivity contribution in [3.63, 3.8) is 0 Å². The van der Waals surface area contributed by atoms with Crippen LogP contribution in [0.25, 0.3) is 0 Å². The molecule has 1 atom stereocenters. The number of alkyl halides is 2. The summed E-state index contributed by atoms with van der Waals surface area (Å²) < 4.78 is 28.3. The van der Waals surface area contributed by atoms with E-state index in [1.807, 2.05) is 30.3 Å². The van der Waals surface area contributed by atoms with E-state index in [9.17, 15) is 8.78 Å². The predicted octanol–water partition coefficient (Wildman–Crippen LogP) is 2.62. The fourth-order valence-electron chi connectivity index (χ4n) is 1.76. The first kappa shape index (κ1) is 12.5. The van der Waals surface area contributed by atoms with Crippen molar-refractivity contribution in [1.29, 1.82) is 0 Å². The molecule has 0 spiro atoms. The van der Waals surface area contributed by atoms with Gasteiger partial charge in [0.1, 0.15) is 11.8 Å². The Hall–Kier alpha value is -1.94. The number of quaternary nitrogens is 1. The maximum atomic E-state index is 12.0. The van der Waals surface area contributed by atoms with Crippen molar-refractivity contribution in [3.8, 4) is 5.75 Å². The van der Waals surface area contributed by atoms with Crippen LogP contribution >= 0.6 is 0 Å². The van der Waals surface area contributed by atoms with Gasteiger partial charge < -0.3 is 10.5 Å². The van der Waals surface area contributed by atoms with Crippen LogP contribution in [-0.4, -0.2) is 6.61 Å². The number of hydrogen-bond acceptors (Lipinski definition) is 1. The van der Waals surface area contributed by atoms with E-state index < -0.39 is 6.61 Å². The molecular formula is C14H14F2NO+. The largest absolute Gasteiger partial charge is 0.435 e. The van der Waals surface area contributed by atoms with Crippen molar-refractivity contribution < 1.29 is 19.3 Å². The van der Waals surface area contributed by atoms with E-state index in [0.717, 1.165) is 11.1 Å². The van der Waals surface area contributed by atoms with Gasteiger partial charge in [-0.15, -0.1) is 0 Å². The number of halogens is 2. The van der Waals surface area contributed by atoms with Gasteiger partial charge in [-0.1, -0.05) is 30.3 Å². The molecule has 94 valence electrons. The molecule has 2 nitrogen and oxygen atoms in total.